The third kappa shape index (κ3) is 6.06. The number of ether oxygens (including phenoxy) is 1. The Hall–Kier alpha value is -1.38. The average molecular weight is 405 g/mol. The molecule has 3 rings (SSSR count). The monoisotopic (exact) mass is 404 g/mol. The number of hydrogen-bond acceptors (Lipinski definition) is 1. The van der Waals surface area contributed by atoms with Crippen LogP contribution < -0.4 is 4.74 Å². The number of rotatable bonds is 8. The van der Waals surface area contributed by atoms with Crippen LogP contribution in [0.1, 0.15) is 90.0 Å². The first kappa shape index (κ1) is 22.3. The summed E-state index contributed by atoms with van der Waals surface area (Å²) in [6.45, 7) is 4.64. The van der Waals surface area contributed by atoms with E-state index in [9.17, 15) is 8.78 Å². The number of hydrogen-bond donors (Lipinski definition) is 0. The van der Waals surface area contributed by atoms with Gasteiger partial charge in [-0.2, -0.15) is 4.39 Å². The summed E-state index contributed by atoms with van der Waals surface area (Å²) in [7, 11) is 0. The Labute approximate surface area is 175 Å². The van der Waals surface area contributed by atoms with Crippen LogP contribution in [0, 0.1) is 35.3 Å². The molecule has 162 valence electrons. The Morgan fingerprint density at radius 3 is 2.14 bits per heavy atom. The molecule has 1 aromatic carbocycles. The SMILES string of the molecule is CCCOc1ccc(/C=C/C2CCC(C3CCC(CCC)CC3)CC2)c(F)c1F. The van der Waals surface area contributed by atoms with Crippen molar-refractivity contribution in [2.24, 2.45) is 23.7 Å². The molecule has 29 heavy (non-hydrogen) atoms. The zero-order valence-electron chi connectivity index (χ0n) is 18.3. The van der Waals surface area contributed by atoms with Gasteiger partial charge in [0, 0.05) is 5.56 Å². The summed E-state index contributed by atoms with van der Waals surface area (Å²) in [5.74, 6) is 1.61. The molecule has 0 heterocycles. The van der Waals surface area contributed by atoms with Crippen molar-refractivity contribution in [3.63, 3.8) is 0 Å². The van der Waals surface area contributed by atoms with Gasteiger partial charge in [-0.05, 0) is 80.8 Å². The highest BCUT2D eigenvalue weighted by Crippen LogP contribution is 2.42. The van der Waals surface area contributed by atoms with Crippen molar-refractivity contribution in [2.45, 2.75) is 84.5 Å². The summed E-state index contributed by atoms with van der Waals surface area (Å²) in [6.07, 6.45) is 18.0. The Morgan fingerprint density at radius 2 is 1.52 bits per heavy atom. The number of benzene rings is 1. The molecule has 0 unspecified atom stereocenters. The normalized spacial score (nSPS) is 28.0. The van der Waals surface area contributed by atoms with Crippen molar-refractivity contribution >= 4 is 6.08 Å². The molecule has 0 bridgehead atoms. The third-order valence-corrected chi connectivity index (χ3v) is 7.16. The van der Waals surface area contributed by atoms with Gasteiger partial charge in [0.2, 0.25) is 5.82 Å². The molecule has 0 amide bonds. The maximum atomic E-state index is 14.3. The fourth-order valence-corrected chi connectivity index (χ4v) is 5.40. The molecule has 2 aliphatic carbocycles. The van der Waals surface area contributed by atoms with Crippen LogP contribution in [0.25, 0.3) is 6.08 Å². The first-order valence-electron chi connectivity index (χ1n) is 11.9. The van der Waals surface area contributed by atoms with Crippen molar-refractivity contribution in [1.82, 2.24) is 0 Å². The van der Waals surface area contributed by atoms with E-state index in [1.54, 1.807) is 18.2 Å². The van der Waals surface area contributed by atoms with Crippen LogP contribution in [0.3, 0.4) is 0 Å². The Balaban J connectivity index is 1.48. The maximum absolute atomic E-state index is 14.3. The first-order valence-corrected chi connectivity index (χ1v) is 11.9. The summed E-state index contributed by atoms with van der Waals surface area (Å²) in [4.78, 5) is 0. The highest BCUT2D eigenvalue weighted by molar-refractivity contribution is 5.52. The maximum Gasteiger partial charge on any atom is 0.201 e. The van der Waals surface area contributed by atoms with E-state index < -0.39 is 11.6 Å². The number of allylic oxidation sites excluding steroid dienone is 1. The minimum atomic E-state index is -0.872. The van der Waals surface area contributed by atoms with Gasteiger partial charge < -0.3 is 4.74 Å². The largest absolute Gasteiger partial charge is 0.490 e. The molecule has 2 fully saturated rings. The topological polar surface area (TPSA) is 9.23 Å². The van der Waals surface area contributed by atoms with Crippen LogP contribution in [0.5, 0.6) is 5.75 Å². The average Bonchev–Trinajstić information content (AvgIpc) is 2.75. The van der Waals surface area contributed by atoms with Crippen molar-refractivity contribution < 1.29 is 13.5 Å². The lowest BCUT2D eigenvalue weighted by atomic mass is 9.68. The summed E-state index contributed by atoms with van der Waals surface area (Å²) in [5.41, 5.74) is 0.322. The molecule has 1 nitrogen and oxygen atoms in total. The van der Waals surface area contributed by atoms with E-state index in [1.165, 1.54) is 64.2 Å². The second-order valence-corrected chi connectivity index (χ2v) is 9.23. The molecule has 2 saturated carbocycles. The lowest BCUT2D eigenvalue weighted by molar-refractivity contribution is 0.152. The zero-order valence-corrected chi connectivity index (χ0v) is 18.3. The van der Waals surface area contributed by atoms with Crippen LogP contribution in [0.2, 0.25) is 0 Å². The van der Waals surface area contributed by atoms with Crippen LogP contribution in [-0.4, -0.2) is 6.61 Å². The smallest absolute Gasteiger partial charge is 0.201 e. The molecule has 3 heteroatoms. The van der Waals surface area contributed by atoms with Gasteiger partial charge in [0.15, 0.2) is 11.6 Å². The summed E-state index contributed by atoms with van der Waals surface area (Å²) in [6, 6.07) is 3.17. The molecular formula is C26H38F2O. The molecule has 0 N–H and O–H groups in total. The van der Waals surface area contributed by atoms with Gasteiger partial charge in [0.25, 0.3) is 0 Å². The van der Waals surface area contributed by atoms with Crippen LogP contribution in [0.4, 0.5) is 8.78 Å². The quantitative estimate of drug-likeness (QED) is 0.424. The zero-order chi connectivity index (χ0) is 20.6. The Bertz CT molecular complexity index is 653. The molecule has 0 saturated heterocycles. The Kier molecular flexibility index (Phi) is 8.56. The summed E-state index contributed by atoms with van der Waals surface area (Å²) >= 11 is 0. The number of halogens is 2. The van der Waals surface area contributed by atoms with E-state index in [-0.39, 0.29) is 5.75 Å². The minimum absolute atomic E-state index is 0.00988. The highest BCUT2D eigenvalue weighted by atomic mass is 19.2. The predicted molar refractivity (Wildman–Crippen MR) is 117 cm³/mol. The van der Waals surface area contributed by atoms with E-state index in [0.29, 0.717) is 18.1 Å². The molecule has 0 aromatic heterocycles. The van der Waals surface area contributed by atoms with E-state index in [2.05, 4.69) is 13.0 Å². The fourth-order valence-electron chi connectivity index (χ4n) is 5.40. The van der Waals surface area contributed by atoms with E-state index >= 15 is 0 Å². The Morgan fingerprint density at radius 1 is 0.862 bits per heavy atom. The second kappa shape index (κ2) is 11.1. The standard InChI is InChI=1S/C26H38F2O/c1-3-5-19-6-11-21(12-7-19)22-13-8-20(9-14-22)10-15-23-16-17-24(29-18-4-2)26(28)25(23)27/h10,15-17,19-22H,3-9,11-14,18H2,1-2H3/b15-10+. The molecule has 0 atom stereocenters. The van der Waals surface area contributed by atoms with E-state index in [1.807, 2.05) is 6.92 Å². The lowest BCUT2D eigenvalue weighted by Gasteiger charge is -2.37. The van der Waals surface area contributed by atoms with Crippen molar-refractivity contribution in [2.75, 3.05) is 6.61 Å². The van der Waals surface area contributed by atoms with Gasteiger partial charge in [0.1, 0.15) is 0 Å². The van der Waals surface area contributed by atoms with Crippen LogP contribution in [0.15, 0.2) is 18.2 Å². The molecule has 0 spiro atoms. The van der Waals surface area contributed by atoms with E-state index in [4.69, 9.17) is 4.74 Å². The van der Waals surface area contributed by atoms with Crippen molar-refractivity contribution in [3.05, 3.63) is 35.4 Å². The minimum Gasteiger partial charge on any atom is -0.490 e. The van der Waals surface area contributed by atoms with Crippen molar-refractivity contribution in [1.29, 1.82) is 0 Å². The third-order valence-electron chi connectivity index (χ3n) is 7.16. The molecule has 0 aliphatic heterocycles. The van der Waals surface area contributed by atoms with Gasteiger partial charge in [-0.1, -0.05) is 51.7 Å². The first-order chi connectivity index (χ1) is 14.1. The van der Waals surface area contributed by atoms with Crippen LogP contribution in [-0.2, 0) is 0 Å². The molecule has 0 radical (unpaired) electrons. The molecular weight excluding hydrogens is 366 g/mol. The summed E-state index contributed by atoms with van der Waals surface area (Å²) < 4.78 is 33.7. The van der Waals surface area contributed by atoms with Crippen molar-refractivity contribution in [3.8, 4) is 5.75 Å². The van der Waals surface area contributed by atoms with Gasteiger partial charge in [0.05, 0.1) is 6.61 Å². The van der Waals surface area contributed by atoms with E-state index in [0.717, 1.165) is 24.2 Å². The second-order valence-electron chi connectivity index (χ2n) is 9.23. The lowest BCUT2D eigenvalue weighted by Crippen LogP contribution is -2.25. The fraction of sp³-hybridized carbons (Fsp3) is 0.692. The molecule has 1 aromatic rings. The van der Waals surface area contributed by atoms with Crippen LogP contribution >= 0.6 is 0 Å². The van der Waals surface area contributed by atoms with Gasteiger partial charge >= 0.3 is 0 Å². The van der Waals surface area contributed by atoms with Gasteiger partial charge in [-0.25, -0.2) is 4.39 Å². The van der Waals surface area contributed by atoms with Gasteiger partial charge in [-0.3, -0.25) is 0 Å². The predicted octanol–water partition coefficient (Wildman–Crippen LogP) is 8.18. The summed E-state index contributed by atoms with van der Waals surface area (Å²) in [5, 5.41) is 0. The van der Waals surface area contributed by atoms with Gasteiger partial charge in [-0.15, -0.1) is 0 Å². The highest BCUT2D eigenvalue weighted by Gasteiger charge is 2.30. The molecule has 2 aliphatic rings.